The summed E-state index contributed by atoms with van der Waals surface area (Å²) < 4.78 is 117. The van der Waals surface area contributed by atoms with E-state index in [9.17, 15) is 38.4 Å². The van der Waals surface area contributed by atoms with Crippen LogP contribution in [0.25, 0.3) is 0 Å². The van der Waals surface area contributed by atoms with Crippen molar-refractivity contribution in [2.24, 2.45) is 0 Å². The second-order valence-corrected chi connectivity index (χ2v) is 7.22. The molecule has 0 amide bonds. The number of rotatable bonds is 4. The Morgan fingerprint density at radius 1 is 0.647 bits per heavy atom. The Balaban J connectivity index is 6.68. The van der Waals surface area contributed by atoms with Crippen molar-refractivity contribution in [3.63, 3.8) is 0 Å². The third-order valence-electron chi connectivity index (χ3n) is 1.34. The largest absolute Gasteiger partial charge is 0.436 e. The summed E-state index contributed by atoms with van der Waals surface area (Å²) in [7, 11) is -20.8. The number of hydrogen-bond acceptors (Lipinski definition) is 6. The van der Waals surface area contributed by atoms with Crippen LogP contribution >= 0.6 is 0 Å². The van der Waals surface area contributed by atoms with E-state index in [1.54, 1.807) is 0 Å². The second-order valence-electron chi connectivity index (χ2n) is 2.48. The van der Waals surface area contributed by atoms with Crippen LogP contribution in [0.15, 0.2) is 0 Å². The van der Waals surface area contributed by atoms with Crippen LogP contribution in [0.3, 0.4) is 0 Å². The summed E-state index contributed by atoms with van der Waals surface area (Å²) in [5.41, 5.74) is 0. The minimum atomic E-state index is -6.96. The fraction of sp³-hybridized carbons (Fsp3) is 1.00. The van der Waals surface area contributed by atoms with Crippen molar-refractivity contribution < 1.29 is 52.1 Å². The summed E-state index contributed by atoms with van der Waals surface area (Å²) in [6.45, 7) is 0. The van der Waals surface area contributed by atoms with Gasteiger partial charge < -0.3 is 0 Å². The molecule has 0 atom stereocenters. The van der Waals surface area contributed by atoms with Gasteiger partial charge in [-0.1, -0.05) is 0 Å². The molecule has 0 aliphatic carbocycles. The van der Waals surface area contributed by atoms with Crippen molar-refractivity contribution >= 4 is 30.4 Å². The molecule has 9 nitrogen and oxygen atoms in total. The smallest absolute Gasteiger partial charge is 0.282 e. The predicted molar refractivity (Wildman–Crippen MR) is 43.4 cm³/mol. The van der Waals surface area contributed by atoms with Crippen molar-refractivity contribution in [1.29, 1.82) is 0 Å². The lowest BCUT2D eigenvalue weighted by atomic mass is 10.8. The van der Waals surface area contributed by atoms with Crippen molar-refractivity contribution in [3.8, 4) is 0 Å². The highest BCUT2D eigenvalue weighted by Crippen LogP contribution is 2.43. The zero-order valence-electron chi connectivity index (χ0n) is 7.15. The Morgan fingerprint density at radius 2 is 0.882 bits per heavy atom. The van der Waals surface area contributed by atoms with Crippen LogP contribution in [0.4, 0.5) is 13.2 Å². The molecule has 0 bridgehead atoms. The maximum Gasteiger partial charge on any atom is 0.436 e. The van der Waals surface area contributed by atoms with Crippen LogP contribution in [0, 0.1) is 0 Å². The Bertz CT molecular complexity index is 578. The lowest BCUT2D eigenvalue weighted by Gasteiger charge is -2.24. The third kappa shape index (κ3) is 2.25. The van der Waals surface area contributed by atoms with Crippen LogP contribution in [-0.4, -0.2) is 48.5 Å². The van der Waals surface area contributed by atoms with Crippen LogP contribution in [0.1, 0.15) is 0 Å². The van der Waals surface area contributed by atoms with Crippen LogP contribution in [0.5, 0.6) is 0 Å². The van der Waals surface area contributed by atoms with E-state index in [0.29, 0.717) is 0 Å². The van der Waals surface area contributed by atoms with Crippen molar-refractivity contribution in [2.75, 3.05) is 0 Å². The van der Waals surface area contributed by atoms with Crippen LogP contribution in [-0.2, 0) is 30.4 Å². The fourth-order valence-electron chi connectivity index (χ4n) is 0.587. The Kier molecular flexibility index (Phi) is 3.65. The van der Waals surface area contributed by atoms with Gasteiger partial charge in [-0.3, -0.25) is 13.7 Å². The van der Waals surface area contributed by atoms with Crippen LogP contribution in [0.2, 0.25) is 0 Å². The molecule has 17 heavy (non-hydrogen) atoms. The molecule has 0 spiro atoms. The average molecular weight is 324 g/mol. The van der Waals surface area contributed by atoms with Gasteiger partial charge in [0, 0.05) is 0 Å². The van der Waals surface area contributed by atoms with Crippen molar-refractivity contribution in [1.82, 2.24) is 0 Å². The summed E-state index contributed by atoms with van der Waals surface area (Å²) in [4.78, 5) is 0. The highest BCUT2D eigenvalue weighted by molar-refractivity contribution is 8.06. The summed E-state index contributed by atoms with van der Waals surface area (Å²) in [5, 5.41) is -6.55. The molecule has 0 aliphatic heterocycles. The Labute approximate surface area is 92.5 Å². The van der Waals surface area contributed by atoms with E-state index in [1.165, 1.54) is 0 Å². The summed E-state index contributed by atoms with van der Waals surface area (Å²) >= 11 is 0. The van der Waals surface area contributed by atoms with E-state index >= 15 is 0 Å². The maximum absolute atomic E-state index is 13.1. The van der Waals surface area contributed by atoms with Gasteiger partial charge in [0.15, 0.2) is 0 Å². The van der Waals surface area contributed by atoms with Gasteiger partial charge in [0.25, 0.3) is 0 Å². The molecule has 15 heteroatoms. The molecule has 0 unspecified atom stereocenters. The molecular weight excluding hydrogens is 321 g/mol. The lowest BCUT2D eigenvalue weighted by molar-refractivity contribution is 0.00496. The van der Waals surface area contributed by atoms with Gasteiger partial charge in [-0.2, -0.15) is 38.4 Å². The molecule has 0 fully saturated rings. The van der Waals surface area contributed by atoms with E-state index in [-0.39, 0.29) is 0 Å². The maximum atomic E-state index is 13.1. The van der Waals surface area contributed by atoms with Gasteiger partial charge in [0.1, 0.15) is 0 Å². The van der Waals surface area contributed by atoms with Gasteiger partial charge in [-0.05, 0) is 0 Å². The molecule has 0 aromatic rings. The first-order valence-corrected chi connectivity index (χ1v) is 7.30. The molecule has 0 saturated heterocycles. The number of alkyl halides is 3. The highest BCUT2D eigenvalue weighted by atomic mass is 32.3. The van der Waals surface area contributed by atoms with Crippen LogP contribution < -0.4 is 0 Å². The predicted octanol–water partition coefficient (Wildman–Crippen LogP) is -1.13. The minimum absolute atomic E-state index is 6.36. The molecule has 0 radical (unpaired) electrons. The van der Waals surface area contributed by atoms with Gasteiger partial charge in [0.2, 0.25) is 0 Å². The molecule has 0 rings (SSSR count). The Hall–Kier alpha value is -0.480. The summed E-state index contributed by atoms with van der Waals surface area (Å²) in [6.07, 6.45) is 0. The Morgan fingerprint density at radius 3 is 0.941 bits per heavy atom. The molecule has 0 aliphatic rings. The van der Waals surface area contributed by atoms with Crippen molar-refractivity contribution in [2.45, 2.75) is 9.59 Å². The van der Waals surface area contributed by atoms with Crippen molar-refractivity contribution in [3.05, 3.63) is 0 Å². The summed E-state index contributed by atoms with van der Waals surface area (Å²) in [5.74, 6) is 0. The average Bonchev–Trinajstić information content (AvgIpc) is 1.95. The van der Waals surface area contributed by atoms with E-state index in [4.69, 9.17) is 13.7 Å². The van der Waals surface area contributed by atoms with Gasteiger partial charge in [-0.25, -0.2) is 0 Å². The topological polar surface area (TPSA) is 163 Å². The first-order chi connectivity index (χ1) is 7.00. The first-order valence-electron chi connectivity index (χ1n) is 2.98. The molecule has 0 aromatic heterocycles. The quantitative estimate of drug-likeness (QED) is 0.542. The molecular formula is C2H3F3O9S3. The molecule has 0 aromatic carbocycles. The second kappa shape index (κ2) is 3.75. The normalized spacial score (nSPS) is 15.9. The van der Waals surface area contributed by atoms with Gasteiger partial charge >= 0.3 is 39.9 Å². The van der Waals surface area contributed by atoms with Gasteiger partial charge in [0.05, 0.1) is 0 Å². The number of halogens is 3. The molecule has 0 saturated carbocycles. The van der Waals surface area contributed by atoms with E-state index in [0.717, 1.165) is 0 Å². The molecule has 104 valence electrons. The fourth-order valence-corrected chi connectivity index (χ4v) is 3.82. The first kappa shape index (κ1) is 16.5. The lowest BCUT2D eigenvalue weighted by Crippen LogP contribution is -2.59. The molecule has 0 heterocycles. The zero-order chi connectivity index (χ0) is 14.5. The minimum Gasteiger partial charge on any atom is -0.282 e. The van der Waals surface area contributed by atoms with Gasteiger partial charge in [-0.15, -0.1) is 0 Å². The van der Waals surface area contributed by atoms with E-state index in [1.807, 2.05) is 0 Å². The monoisotopic (exact) mass is 324 g/mol. The molecule has 3 N–H and O–H groups in total. The standard InChI is InChI=1S/C2H3F3O9S3/c3-1(4,15(6,7)8)2(5,16(9,10)11)17(12,13)14/h(H,6,7,8)(H,9,10,11)(H,12,13,14). The summed E-state index contributed by atoms with van der Waals surface area (Å²) in [6, 6.07) is 0. The van der Waals surface area contributed by atoms with E-state index in [2.05, 4.69) is 0 Å². The zero-order valence-corrected chi connectivity index (χ0v) is 9.60. The third-order valence-corrected chi connectivity index (χ3v) is 5.63. The number of hydrogen-bond donors (Lipinski definition) is 3. The SMILES string of the molecule is O=S(=O)(O)C(F)(F)C(F)(S(=O)(=O)O)S(=O)(=O)O. The van der Waals surface area contributed by atoms with E-state index < -0.39 is 39.9 Å². The highest BCUT2D eigenvalue weighted by Gasteiger charge is 2.79.